The van der Waals surface area contributed by atoms with Crippen LogP contribution in [-0.4, -0.2) is 20.9 Å². The van der Waals surface area contributed by atoms with Gasteiger partial charge < -0.3 is 5.11 Å². The Morgan fingerprint density at radius 1 is 1.35 bits per heavy atom. The van der Waals surface area contributed by atoms with Gasteiger partial charge in [-0.1, -0.05) is 37.6 Å². The predicted molar refractivity (Wildman–Crippen MR) is 79.1 cm³/mol. The summed E-state index contributed by atoms with van der Waals surface area (Å²) in [5.74, 6) is -0.419. The van der Waals surface area contributed by atoms with Gasteiger partial charge in [-0.3, -0.25) is 4.68 Å². The largest absolute Gasteiger partial charge is 0.478 e. The first-order chi connectivity index (χ1) is 9.47. The number of carbonyl (C=O) groups is 1. The highest BCUT2D eigenvalue weighted by molar-refractivity contribution is 6.30. The Bertz CT molecular complexity index is 603. The quantitative estimate of drug-likeness (QED) is 0.908. The highest BCUT2D eigenvalue weighted by Crippen LogP contribution is 2.24. The fraction of sp³-hybridized carbons (Fsp3) is 0.333. The molecule has 1 aromatic heterocycles. The molecule has 0 spiro atoms. The molecule has 1 N–H and O–H groups in total. The number of carboxylic acid groups (broad SMARTS) is 1. The summed E-state index contributed by atoms with van der Waals surface area (Å²) in [6.07, 6.45) is 2.55. The molecule has 0 radical (unpaired) electrons. The Morgan fingerprint density at radius 2 is 2.00 bits per heavy atom. The van der Waals surface area contributed by atoms with Crippen LogP contribution in [0.1, 0.15) is 30.6 Å². The molecule has 20 heavy (non-hydrogen) atoms. The average Bonchev–Trinajstić information content (AvgIpc) is 2.81. The number of aromatic nitrogens is 2. The standard InChI is InChI=1S/C15H17ClN2O2/c1-10(2)7-8-18-9-13(15(19)20)14(17-18)11-3-5-12(16)6-4-11/h3-6,9-10H,7-8H2,1-2H3,(H,19,20). The van der Waals surface area contributed by atoms with Gasteiger partial charge in [0.25, 0.3) is 0 Å². The van der Waals surface area contributed by atoms with E-state index >= 15 is 0 Å². The number of aromatic carboxylic acids is 1. The van der Waals surface area contributed by atoms with Crippen LogP contribution in [0.3, 0.4) is 0 Å². The smallest absolute Gasteiger partial charge is 0.339 e. The van der Waals surface area contributed by atoms with Crippen LogP contribution in [0, 0.1) is 5.92 Å². The van der Waals surface area contributed by atoms with Gasteiger partial charge in [-0.15, -0.1) is 0 Å². The van der Waals surface area contributed by atoms with Gasteiger partial charge in [0.2, 0.25) is 0 Å². The summed E-state index contributed by atoms with van der Waals surface area (Å²) >= 11 is 5.85. The van der Waals surface area contributed by atoms with Crippen LogP contribution in [0.4, 0.5) is 0 Å². The van der Waals surface area contributed by atoms with E-state index in [0.717, 1.165) is 12.0 Å². The minimum atomic E-state index is -0.967. The molecule has 0 saturated heterocycles. The Hall–Kier alpha value is -1.81. The average molecular weight is 293 g/mol. The first-order valence-corrected chi connectivity index (χ1v) is 6.92. The van der Waals surface area contributed by atoms with E-state index in [-0.39, 0.29) is 5.56 Å². The van der Waals surface area contributed by atoms with Crippen molar-refractivity contribution in [3.8, 4) is 11.3 Å². The van der Waals surface area contributed by atoms with E-state index < -0.39 is 5.97 Å². The number of halogens is 1. The van der Waals surface area contributed by atoms with Crippen LogP contribution in [0.15, 0.2) is 30.5 Å². The van der Waals surface area contributed by atoms with Gasteiger partial charge in [-0.25, -0.2) is 4.79 Å². The van der Waals surface area contributed by atoms with Gasteiger partial charge in [0.15, 0.2) is 0 Å². The van der Waals surface area contributed by atoms with Crippen LogP contribution in [0.5, 0.6) is 0 Å². The van der Waals surface area contributed by atoms with Crippen molar-refractivity contribution in [2.75, 3.05) is 0 Å². The third kappa shape index (κ3) is 3.39. The first-order valence-electron chi connectivity index (χ1n) is 6.54. The molecule has 0 fully saturated rings. The van der Waals surface area contributed by atoms with Crippen molar-refractivity contribution in [1.29, 1.82) is 0 Å². The molecular weight excluding hydrogens is 276 g/mol. The van der Waals surface area contributed by atoms with E-state index in [1.165, 1.54) is 0 Å². The van der Waals surface area contributed by atoms with E-state index in [4.69, 9.17) is 11.6 Å². The van der Waals surface area contributed by atoms with Crippen molar-refractivity contribution in [1.82, 2.24) is 9.78 Å². The first kappa shape index (κ1) is 14.6. The van der Waals surface area contributed by atoms with E-state index in [1.807, 2.05) is 0 Å². The van der Waals surface area contributed by atoms with Crippen LogP contribution in [0.25, 0.3) is 11.3 Å². The molecule has 0 amide bonds. The lowest BCUT2D eigenvalue weighted by molar-refractivity contribution is 0.0697. The molecule has 106 valence electrons. The zero-order valence-electron chi connectivity index (χ0n) is 11.5. The highest BCUT2D eigenvalue weighted by atomic mass is 35.5. The summed E-state index contributed by atoms with van der Waals surface area (Å²) in [7, 11) is 0. The summed E-state index contributed by atoms with van der Waals surface area (Å²) in [6.45, 7) is 4.97. The second-order valence-corrected chi connectivity index (χ2v) is 5.59. The Morgan fingerprint density at radius 3 is 2.55 bits per heavy atom. The minimum absolute atomic E-state index is 0.219. The highest BCUT2D eigenvalue weighted by Gasteiger charge is 2.17. The maximum Gasteiger partial charge on any atom is 0.339 e. The van der Waals surface area contributed by atoms with Crippen molar-refractivity contribution < 1.29 is 9.90 Å². The van der Waals surface area contributed by atoms with E-state index in [9.17, 15) is 9.90 Å². The van der Waals surface area contributed by atoms with E-state index in [1.54, 1.807) is 35.1 Å². The van der Waals surface area contributed by atoms with Gasteiger partial charge in [-0.2, -0.15) is 5.10 Å². The molecule has 1 aromatic carbocycles. The summed E-state index contributed by atoms with van der Waals surface area (Å²) in [5, 5.41) is 14.3. The Labute approximate surface area is 123 Å². The fourth-order valence-electron chi connectivity index (χ4n) is 1.90. The molecular formula is C15H17ClN2O2. The molecule has 0 atom stereocenters. The lowest BCUT2D eigenvalue weighted by Crippen LogP contribution is -2.02. The van der Waals surface area contributed by atoms with Crippen LogP contribution in [0.2, 0.25) is 5.02 Å². The third-order valence-corrected chi connectivity index (χ3v) is 3.30. The monoisotopic (exact) mass is 292 g/mol. The fourth-order valence-corrected chi connectivity index (χ4v) is 2.03. The molecule has 0 aliphatic heterocycles. The molecule has 0 bridgehead atoms. The Balaban J connectivity index is 2.35. The van der Waals surface area contributed by atoms with Gasteiger partial charge in [0.05, 0.1) is 0 Å². The lowest BCUT2D eigenvalue weighted by atomic mass is 10.1. The number of aryl methyl sites for hydroxylation is 1. The number of benzene rings is 1. The predicted octanol–water partition coefficient (Wildman–Crippen LogP) is 3.95. The van der Waals surface area contributed by atoms with Gasteiger partial charge in [-0.05, 0) is 24.5 Å². The molecule has 0 unspecified atom stereocenters. The second kappa shape index (κ2) is 6.09. The molecule has 5 heteroatoms. The maximum absolute atomic E-state index is 11.3. The van der Waals surface area contributed by atoms with Crippen molar-refractivity contribution in [2.24, 2.45) is 5.92 Å². The second-order valence-electron chi connectivity index (χ2n) is 5.15. The zero-order chi connectivity index (χ0) is 14.7. The number of rotatable bonds is 5. The molecule has 0 saturated carbocycles. The van der Waals surface area contributed by atoms with Crippen LogP contribution in [-0.2, 0) is 6.54 Å². The number of nitrogens with zero attached hydrogens (tertiary/aromatic N) is 2. The lowest BCUT2D eigenvalue weighted by Gasteiger charge is -2.04. The SMILES string of the molecule is CC(C)CCn1cc(C(=O)O)c(-c2ccc(Cl)cc2)n1. The van der Waals surface area contributed by atoms with Gasteiger partial charge >= 0.3 is 5.97 Å². The molecule has 1 heterocycles. The van der Waals surface area contributed by atoms with E-state index in [0.29, 0.717) is 23.2 Å². The maximum atomic E-state index is 11.3. The van der Waals surface area contributed by atoms with Crippen molar-refractivity contribution >= 4 is 17.6 Å². The normalized spacial score (nSPS) is 11.0. The zero-order valence-corrected chi connectivity index (χ0v) is 12.3. The van der Waals surface area contributed by atoms with Gasteiger partial charge in [0.1, 0.15) is 11.3 Å². The van der Waals surface area contributed by atoms with Crippen LogP contribution < -0.4 is 0 Å². The number of hydrogen-bond donors (Lipinski definition) is 1. The molecule has 2 rings (SSSR count). The number of carboxylic acids is 1. The van der Waals surface area contributed by atoms with Crippen molar-refractivity contribution in [3.63, 3.8) is 0 Å². The third-order valence-electron chi connectivity index (χ3n) is 3.05. The molecule has 4 nitrogen and oxygen atoms in total. The summed E-state index contributed by atoms with van der Waals surface area (Å²) in [4.78, 5) is 11.3. The Kier molecular flexibility index (Phi) is 4.45. The summed E-state index contributed by atoms with van der Waals surface area (Å²) in [5.41, 5.74) is 1.46. The molecule has 2 aromatic rings. The summed E-state index contributed by atoms with van der Waals surface area (Å²) in [6, 6.07) is 7.03. The van der Waals surface area contributed by atoms with Gasteiger partial charge in [0, 0.05) is 23.3 Å². The van der Waals surface area contributed by atoms with Crippen molar-refractivity contribution in [3.05, 3.63) is 41.0 Å². The molecule has 0 aliphatic rings. The van der Waals surface area contributed by atoms with E-state index in [2.05, 4.69) is 18.9 Å². The topological polar surface area (TPSA) is 55.1 Å². The van der Waals surface area contributed by atoms with Crippen molar-refractivity contribution in [2.45, 2.75) is 26.8 Å². The van der Waals surface area contributed by atoms with Crippen LogP contribution >= 0.6 is 11.6 Å². The molecule has 0 aliphatic carbocycles. The minimum Gasteiger partial charge on any atom is -0.478 e. The number of hydrogen-bond acceptors (Lipinski definition) is 2. The summed E-state index contributed by atoms with van der Waals surface area (Å²) < 4.78 is 1.70.